The van der Waals surface area contributed by atoms with E-state index in [1.54, 1.807) is 31.6 Å². The maximum absolute atomic E-state index is 12.8. The Labute approximate surface area is 188 Å². The van der Waals surface area contributed by atoms with Crippen molar-refractivity contribution in [2.45, 2.75) is 18.9 Å². The quantitative estimate of drug-likeness (QED) is 0.605. The van der Waals surface area contributed by atoms with Gasteiger partial charge in [-0.15, -0.1) is 0 Å². The topological polar surface area (TPSA) is 81.8 Å². The number of likely N-dealkylation sites (N-methyl/N-ethyl adjacent to an activating group) is 1. The van der Waals surface area contributed by atoms with Crippen LogP contribution >= 0.6 is 0 Å². The second-order valence-corrected chi connectivity index (χ2v) is 8.84. The van der Waals surface area contributed by atoms with Crippen LogP contribution in [0.5, 0.6) is 5.75 Å². The number of hydrogen-bond acceptors (Lipinski definition) is 6. The van der Waals surface area contributed by atoms with Crippen LogP contribution in [0.2, 0.25) is 0 Å². The summed E-state index contributed by atoms with van der Waals surface area (Å²) in [4.78, 5) is 38.6. The lowest BCUT2D eigenvalue weighted by molar-refractivity contribution is -0.130. The Morgan fingerprint density at radius 1 is 1.31 bits per heavy atom. The van der Waals surface area contributed by atoms with Gasteiger partial charge in [0.15, 0.2) is 0 Å². The third-order valence-electron chi connectivity index (χ3n) is 5.95. The summed E-state index contributed by atoms with van der Waals surface area (Å²) in [5, 5.41) is 0. The molecule has 0 radical (unpaired) electrons. The van der Waals surface area contributed by atoms with Crippen LogP contribution in [0.3, 0.4) is 0 Å². The molecule has 2 aromatic heterocycles. The van der Waals surface area contributed by atoms with E-state index < -0.39 is 0 Å². The number of nitrogens with one attached hydrogen (secondary N) is 1. The van der Waals surface area contributed by atoms with Crippen LogP contribution in [0.25, 0.3) is 11.3 Å². The van der Waals surface area contributed by atoms with Gasteiger partial charge in [0, 0.05) is 56.3 Å². The van der Waals surface area contributed by atoms with E-state index in [1.807, 2.05) is 42.1 Å². The van der Waals surface area contributed by atoms with Gasteiger partial charge in [0.25, 0.3) is 5.56 Å². The molecule has 1 N–H and O–H groups in total. The third kappa shape index (κ3) is 5.19. The van der Waals surface area contributed by atoms with Crippen LogP contribution < -0.4 is 15.2 Å². The van der Waals surface area contributed by atoms with Crippen molar-refractivity contribution in [3.63, 3.8) is 0 Å². The van der Waals surface area contributed by atoms with E-state index in [0.717, 1.165) is 24.3 Å². The van der Waals surface area contributed by atoms with E-state index in [1.165, 1.54) is 12.8 Å². The molecule has 32 heavy (non-hydrogen) atoms. The predicted octanol–water partition coefficient (Wildman–Crippen LogP) is 1.99. The number of likely N-dealkylation sites (tertiary alicyclic amines) is 1. The number of aromatic nitrogens is 2. The highest BCUT2D eigenvalue weighted by atomic mass is 16.5. The van der Waals surface area contributed by atoms with E-state index in [0.29, 0.717) is 30.4 Å². The summed E-state index contributed by atoms with van der Waals surface area (Å²) < 4.78 is 5.31. The molecular formula is C24H31N5O3. The van der Waals surface area contributed by atoms with Gasteiger partial charge in [-0.2, -0.15) is 0 Å². The molecule has 0 bridgehead atoms. The van der Waals surface area contributed by atoms with Gasteiger partial charge in [-0.3, -0.25) is 14.6 Å². The van der Waals surface area contributed by atoms with Gasteiger partial charge in [-0.05, 0) is 45.0 Å². The highest BCUT2D eigenvalue weighted by molar-refractivity contribution is 5.88. The SMILES string of the molecule is COc1ccnc(-c2c[nH]c(=O)c(N(CC3CC3)C3CN(C(=O)C=CCN(C)C)C3)c2)c1. The average Bonchev–Trinajstić information content (AvgIpc) is 3.56. The number of ether oxygens (including phenoxy) is 1. The van der Waals surface area contributed by atoms with Crippen LogP contribution in [0.4, 0.5) is 5.69 Å². The Kier molecular flexibility index (Phi) is 6.60. The molecule has 0 atom stereocenters. The fourth-order valence-corrected chi connectivity index (χ4v) is 3.85. The summed E-state index contributed by atoms with van der Waals surface area (Å²) in [6, 6.07) is 5.69. The van der Waals surface area contributed by atoms with E-state index in [-0.39, 0.29) is 17.5 Å². The number of pyridine rings is 2. The Morgan fingerprint density at radius 2 is 2.09 bits per heavy atom. The molecule has 170 valence electrons. The average molecular weight is 438 g/mol. The van der Waals surface area contributed by atoms with Gasteiger partial charge >= 0.3 is 0 Å². The first-order chi connectivity index (χ1) is 15.4. The van der Waals surface area contributed by atoms with Crippen LogP contribution in [-0.4, -0.2) is 79.1 Å². The summed E-state index contributed by atoms with van der Waals surface area (Å²) in [6.07, 6.45) is 9.29. The summed E-state index contributed by atoms with van der Waals surface area (Å²) in [7, 11) is 5.56. The molecule has 3 heterocycles. The van der Waals surface area contributed by atoms with Gasteiger partial charge in [-0.1, -0.05) is 6.08 Å². The van der Waals surface area contributed by atoms with Crippen molar-refractivity contribution in [3.05, 3.63) is 53.1 Å². The number of anilines is 1. The number of methoxy groups -OCH3 is 1. The molecule has 0 aromatic carbocycles. The molecule has 8 heteroatoms. The Balaban J connectivity index is 1.52. The van der Waals surface area contributed by atoms with Crippen molar-refractivity contribution in [1.29, 1.82) is 0 Å². The summed E-state index contributed by atoms with van der Waals surface area (Å²) >= 11 is 0. The van der Waals surface area contributed by atoms with Gasteiger partial charge in [0.2, 0.25) is 5.91 Å². The van der Waals surface area contributed by atoms with Crippen molar-refractivity contribution in [2.75, 3.05) is 52.3 Å². The second kappa shape index (κ2) is 9.56. The summed E-state index contributed by atoms with van der Waals surface area (Å²) in [5.41, 5.74) is 2.09. The number of aromatic amines is 1. The molecule has 4 rings (SSSR count). The van der Waals surface area contributed by atoms with Gasteiger partial charge in [0.05, 0.1) is 18.8 Å². The first-order valence-electron chi connectivity index (χ1n) is 11.0. The van der Waals surface area contributed by atoms with Crippen LogP contribution in [-0.2, 0) is 4.79 Å². The van der Waals surface area contributed by atoms with Crippen LogP contribution in [0, 0.1) is 5.92 Å². The van der Waals surface area contributed by atoms with Crippen molar-refractivity contribution in [3.8, 4) is 17.0 Å². The normalized spacial score (nSPS) is 16.4. The lowest BCUT2D eigenvalue weighted by Gasteiger charge is -2.46. The predicted molar refractivity (Wildman–Crippen MR) is 125 cm³/mol. The first-order valence-corrected chi connectivity index (χ1v) is 11.0. The Bertz CT molecular complexity index is 1040. The zero-order valence-electron chi connectivity index (χ0n) is 19.0. The number of amides is 1. The number of H-pyrrole nitrogens is 1. The molecule has 1 saturated carbocycles. The lowest BCUT2D eigenvalue weighted by atomic mass is 10.0. The molecule has 1 saturated heterocycles. The smallest absolute Gasteiger partial charge is 0.271 e. The standard InChI is InChI=1S/C24H31N5O3/c1-27(2)10-4-5-23(30)28-15-19(16-28)29(14-17-6-7-17)22-11-18(13-26-24(22)31)21-12-20(32-3)8-9-25-21/h4-5,8-9,11-13,17,19H,6-7,10,14-16H2,1-3H3,(H,26,31). The van der Waals surface area contributed by atoms with Gasteiger partial charge in [-0.25, -0.2) is 0 Å². The van der Waals surface area contributed by atoms with Crippen molar-refractivity contribution < 1.29 is 9.53 Å². The Hall–Kier alpha value is -3.13. The monoisotopic (exact) mass is 437 g/mol. The van der Waals surface area contributed by atoms with Crippen molar-refractivity contribution in [1.82, 2.24) is 19.8 Å². The van der Waals surface area contributed by atoms with Crippen molar-refractivity contribution >= 4 is 11.6 Å². The first kappa shape index (κ1) is 22.1. The molecule has 0 spiro atoms. The number of hydrogen-bond donors (Lipinski definition) is 1. The fourth-order valence-electron chi connectivity index (χ4n) is 3.85. The van der Waals surface area contributed by atoms with Gasteiger partial charge < -0.3 is 24.4 Å². The second-order valence-electron chi connectivity index (χ2n) is 8.84. The maximum Gasteiger partial charge on any atom is 0.271 e. The minimum atomic E-state index is -0.118. The molecule has 1 amide bonds. The molecule has 2 aliphatic rings. The molecule has 1 aliphatic heterocycles. The Morgan fingerprint density at radius 3 is 2.78 bits per heavy atom. The van der Waals surface area contributed by atoms with E-state index in [2.05, 4.69) is 14.9 Å². The number of rotatable bonds is 9. The maximum atomic E-state index is 12.8. The van der Waals surface area contributed by atoms with Crippen molar-refractivity contribution in [2.24, 2.45) is 5.92 Å². The molecule has 2 fully saturated rings. The van der Waals surface area contributed by atoms with Crippen LogP contribution in [0.1, 0.15) is 12.8 Å². The third-order valence-corrected chi connectivity index (χ3v) is 5.95. The van der Waals surface area contributed by atoms with E-state index >= 15 is 0 Å². The van der Waals surface area contributed by atoms with E-state index in [4.69, 9.17) is 4.74 Å². The molecular weight excluding hydrogens is 406 g/mol. The molecule has 0 unspecified atom stereocenters. The number of carbonyl (C=O) groups excluding carboxylic acids is 1. The minimum absolute atomic E-state index is 0.0257. The highest BCUT2D eigenvalue weighted by Crippen LogP contribution is 2.34. The largest absolute Gasteiger partial charge is 0.497 e. The van der Waals surface area contributed by atoms with Crippen LogP contribution in [0.15, 0.2) is 47.5 Å². The van der Waals surface area contributed by atoms with Gasteiger partial charge in [0.1, 0.15) is 11.4 Å². The number of carbonyl (C=O) groups is 1. The van der Waals surface area contributed by atoms with E-state index in [9.17, 15) is 9.59 Å². The highest BCUT2D eigenvalue weighted by Gasteiger charge is 2.37. The molecule has 2 aromatic rings. The summed E-state index contributed by atoms with van der Waals surface area (Å²) in [5.74, 6) is 1.35. The molecule has 8 nitrogen and oxygen atoms in total. The zero-order valence-corrected chi connectivity index (χ0v) is 19.0. The zero-order chi connectivity index (χ0) is 22.7. The molecule has 1 aliphatic carbocycles. The summed E-state index contributed by atoms with van der Waals surface area (Å²) in [6.45, 7) is 2.82. The minimum Gasteiger partial charge on any atom is -0.497 e. The number of nitrogens with zero attached hydrogens (tertiary/aromatic N) is 4. The fraction of sp³-hybridized carbons (Fsp3) is 0.458. The lowest BCUT2D eigenvalue weighted by Crippen LogP contribution is -2.62.